The first-order valence-electron chi connectivity index (χ1n) is 10.4. The molecular formula is C24H18Br2N2O5S. The molecule has 3 aromatic rings. The number of nitrogens with zero attached hydrogens (tertiary/aromatic N) is 2. The van der Waals surface area contributed by atoms with Crippen molar-refractivity contribution in [3.8, 4) is 11.5 Å². The van der Waals surface area contributed by atoms with E-state index in [-0.39, 0.29) is 19.0 Å². The van der Waals surface area contributed by atoms with E-state index in [9.17, 15) is 9.59 Å². The van der Waals surface area contributed by atoms with Crippen molar-refractivity contribution in [2.75, 3.05) is 13.4 Å². The number of rotatable bonds is 4. The van der Waals surface area contributed by atoms with Crippen molar-refractivity contribution in [1.82, 2.24) is 4.57 Å². The van der Waals surface area contributed by atoms with E-state index in [1.807, 2.05) is 36.4 Å². The van der Waals surface area contributed by atoms with Gasteiger partial charge in [0, 0.05) is 8.95 Å². The summed E-state index contributed by atoms with van der Waals surface area (Å²) in [5.41, 5.74) is 2.21. The lowest BCUT2D eigenvalue weighted by molar-refractivity contribution is -0.139. The highest BCUT2D eigenvalue weighted by molar-refractivity contribution is 9.10. The second-order valence-electron chi connectivity index (χ2n) is 7.58. The molecule has 10 heteroatoms. The van der Waals surface area contributed by atoms with Gasteiger partial charge in [0.05, 0.1) is 28.5 Å². The maximum atomic E-state index is 13.7. The molecule has 3 heterocycles. The molecule has 0 saturated heterocycles. The van der Waals surface area contributed by atoms with Crippen LogP contribution in [-0.2, 0) is 9.53 Å². The molecule has 1 unspecified atom stereocenters. The van der Waals surface area contributed by atoms with E-state index in [1.165, 1.54) is 11.3 Å². The minimum Gasteiger partial charge on any atom is -0.463 e. The van der Waals surface area contributed by atoms with E-state index in [1.54, 1.807) is 24.5 Å². The largest absolute Gasteiger partial charge is 0.463 e. The van der Waals surface area contributed by atoms with E-state index in [4.69, 9.17) is 14.2 Å². The van der Waals surface area contributed by atoms with E-state index in [0.29, 0.717) is 32.1 Å². The lowest BCUT2D eigenvalue weighted by atomic mass is 9.96. The first kappa shape index (κ1) is 23.1. The summed E-state index contributed by atoms with van der Waals surface area (Å²) in [5, 5.41) is 0. The second-order valence-corrected chi connectivity index (χ2v) is 10.4. The van der Waals surface area contributed by atoms with Gasteiger partial charge in [-0.3, -0.25) is 9.36 Å². The number of esters is 1. The number of ether oxygens (including phenoxy) is 3. The Labute approximate surface area is 215 Å². The summed E-state index contributed by atoms with van der Waals surface area (Å²) in [5.74, 6) is 0.787. The number of halogens is 2. The summed E-state index contributed by atoms with van der Waals surface area (Å²) in [7, 11) is 0. The fourth-order valence-electron chi connectivity index (χ4n) is 3.94. The fraction of sp³-hybridized carbons (Fsp3) is 0.208. The average molecular weight is 606 g/mol. The zero-order chi connectivity index (χ0) is 24.0. The molecule has 1 atom stereocenters. The molecule has 0 fully saturated rings. The molecule has 0 aliphatic carbocycles. The highest BCUT2D eigenvalue weighted by Gasteiger charge is 2.33. The van der Waals surface area contributed by atoms with Gasteiger partial charge in [-0.05, 0) is 55.3 Å². The van der Waals surface area contributed by atoms with Gasteiger partial charge in [-0.15, -0.1) is 0 Å². The Hall–Kier alpha value is -2.69. The molecule has 5 rings (SSSR count). The highest BCUT2D eigenvalue weighted by atomic mass is 79.9. The Morgan fingerprint density at radius 2 is 1.94 bits per heavy atom. The number of carbonyl (C=O) groups excluding carboxylic acids is 1. The van der Waals surface area contributed by atoms with Gasteiger partial charge in [0.15, 0.2) is 16.3 Å². The fourth-order valence-corrected chi connectivity index (χ4v) is 5.68. The molecule has 2 aromatic carbocycles. The maximum Gasteiger partial charge on any atom is 0.338 e. The molecule has 0 saturated carbocycles. The minimum absolute atomic E-state index is 0.163. The lowest BCUT2D eigenvalue weighted by Crippen LogP contribution is -2.39. The number of aromatic nitrogens is 1. The highest BCUT2D eigenvalue weighted by Crippen LogP contribution is 2.37. The Morgan fingerprint density at radius 3 is 2.65 bits per heavy atom. The number of hydrogen-bond acceptors (Lipinski definition) is 7. The average Bonchev–Trinajstić information content (AvgIpc) is 3.37. The molecule has 34 heavy (non-hydrogen) atoms. The van der Waals surface area contributed by atoms with Crippen LogP contribution in [0.25, 0.3) is 6.08 Å². The second kappa shape index (κ2) is 9.16. The van der Waals surface area contributed by atoms with Crippen molar-refractivity contribution in [3.63, 3.8) is 0 Å². The molecule has 174 valence electrons. The molecule has 0 bridgehead atoms. The monoisotopic (exact) mass is 604 g/mol. The van der Waals surface area contributed by atoms with Gasteiger partial charge in [-0.1, -0.05) is 55.3 Å². The topological polar surface area (TPSA) is 79.1 Å². The SMILES string of the molecule is CCOC(=O)C1=C(C)N=c2s/c(=C\c3cc4c(cc3Br)OCO4)c(=O)n2C1c1ccc(Br)cc1. The minimum atomic E-state index is -0.647. The summed E-state index contributed by atoms with van der Waals surface area (Å²) >= 11 is 8.27. The zero-order valence-corrected chi connectivity index (χ0v) is 22.1. The number of hydrogen-bond donors (Lipinski definition) is 0. The molecule has 2 aliphatic rings. The van der Waals surface area contributed by atoms with Gasteiger partial charge in [-0.25, -0.2) is 9.79 Å². The first-order chi connectivity index (χ1) is 16.4. The number of thiazole rings is 1. The number of carbonyl (C=O) groups is 1. The van der Waals surface area contributed by atoms with Crippen molar-refractivity contribution in [2.45, 2.75) is 19.9 Å². The van der Waals surface area contributed by atoms with E-state index >= 15 is 0 Å². The Kier molecular flexibility index (Phi) is 6.22. The third kappa shape index (κ3) is 4.03. The molecule has 0 amide bonds. The van der Waals surface area contributed by atoms with Gasteiger partial charge < -0.3 is 14.2 Å². The molecule has 0 spiro atoms. The number of fused-ring (bicyclic) bond motifs is 2. The van der Waals surface area contributed by atoms with Crippen LogP contribution in [0.15, 0.2) is 66.4 Å². The molecular weight excluding hydrogens is 588 g/mol. The summed E-state index contributed by atoms with van der Waals surface area (Å²) in [4.78, 5) is 31.7. The van der Waals surface area contributed by atoms with Gasteiger partial charge in [0.25, 0.3) is 5.56 Å². The lowest BCUT2D eigenvalue weighted by Gasteiger charge is -2.24. The van der Waals surface area contributed by atoms with Gasteiger partial charge >= 0.3 is 5.97 Å². The predicted molar refractivity (Wildman–Crippen MR) is 135 cm³/mol. The summed E-state index contributed by atoms with van der Waals surface area (Å²) in [6.45, 7) is 3.91. The first-order valence-corrected chi connectivity index (χ1v) is 12.8. The third-order valence-electron chi connectivity index (χ3n) is 5.48. The van der Waals surface area contributed by atoms with E-state index in [0.717, 1.165) is 20.1 Å². The Balaban J connectivity index is 1.71. The quantitative estimate of drug-likeness (QED) is 0.419. The van der Waals surface area contributed by atoms with Crippen LogP contribution in [0, 0.1) is 0 Å². The van der Waals surface area contributed by atoms with Crippen molar-refractivity contribution >= 4 is 55.2 Å². The Morgan fingerprint density at radius 1 is 1.24 bits per heavy atom. The van der Waals surface area contributed by atoms with Gasteiger partial charge in [0.2, 0.25) is 6.79 Å². The number of benzene rings is 2. The Bertz CT molecular complexity index is 1520. The van der Waals surface area contributed by atoms with Crippen molar-refractivity contribution < 1.29 is 19.0 Å². The maximum absolute atomic E-state index is 13.7. The summed E-state index contributed by atoms with van der Waals surface area (Å²) in [6.07, 6.45) is 1.79. The van der Waals surface area contributed by atoms with Crippen LogP contribution < -0.4 is 24.4 Å². The van der Waals surface area contributed by atoms with Crippen LogP contribution in [0.1, 0.15) is 31.0 Å². The predicted octanol–water partition coefficient (Wildman–Crippen LogP) is 4.05. The van der Waals surface area contributed by atoms with Crippen LogP contribution in [-0.4, -0.2) is 23.9 Å². The summed E-state index contributed by atoms with van der Waals surface area (Å²) < 4.78 is 19.9. The van der Waals surface area contributed by atoms with Crippen molar-refractivity contribution in [1.29, 1.82) is 0 Å². The van der Waals surface area contributed by atoms with Gasteiger partial charge in [-0.2, -0.15) is 0 Å². The molecule has 2 aliphatic heterocycles. The normalized spacial score (nSPS) is 16.9. The molecule has 0 N–H and O–H groups in total. The van der Waals surface area contributed by atoms with E-state index in [2.05, 4.69) is 36.9 Å². The van der Waals surface area contributed by atoms with Crippen LogP contribution in [0.4, 0.5) is 0 Å². The van der Waals surface area contributed by atoms with E-state index < -0.39 is 12.0 Å². The molecule has 0 radical (unpaired) electrons. The standard InChI is InChI=1S/C24H18Br2N2O5S/c1-3-31-23(30)20-12(2)27-24-28(21(20)13-4-6-15(25)7-5-13)22(29)19(34-24)9-14-8-17-18(10-16(14)26)33-11-32-17/h4-10,21H,3,11H2,1-2H3/b19-9-. The van der Waals surface area contributed by atoms with Crippen LogP contribution in [0.2, 0.25) is 0 Å². The van der Waals surface area contributed by atoms with Crippen LogP contribution >= 0.6 is 43.2 Å². The molecule has 7 nitrogen and oxygen atoms in total. The van der Waals surface area contributed by atoms with Crippen molar-refractivity contribution in [2.24, 2.45) is 4.99 Å². The number of allylic oxidation sites excluding steroid dienone is 1. The van der Waals surface area contributed by atoms with Crippen LogP contribution in [0.5, 0.6) is 11.5 Å². The van der Waals surface area contributed by atoms with Gasteiger partial charge in [0.1, 0.15) is 0 Å². The van der Waals surface area contributed by atoms with Crippen LogP contribution in [0.3, 0.4) is 0 Å². The third-order valence-corrected chi connectivity index (χ3v) is 7.68. The smallest absolute Gasteiger partial charge is 0.338 e. The van der Waals surface area contributed by atoms with Crippen molar-refractivity contribution in [3.05, 3.63) is 87.4 Å². The molecule has 1 aromatic heterocycles. The zero-order valence-electron chi connectivity index (χ0n) is 18.1. The summed E-state index contributed by atoms with van der Waals surface area (Å²) in [6, 6.07) is 10.5.